The molecule has 1 aromatic carbocycles. The lowest BCUT2D eigenvalue weighted by molar-refractivity contribution is 0.101. The number of carbonyl (C=O) groups excluding carboxylic acids is 1. The van der Waals surface area contributed by atoms with E-state index in [4.69, 9.17) is 11.6 Å². The van der Waals surface area contributed by atoms with Gasteiger partial charge >= 0.3 is 0 Å². The van der Waals surface area contributed by atoms with Crippen molar-refractivity contribution in [1.29, 1.82) is 0 Å². The number of halogens is 3. The second-order valence-corrected chi connectivity index (χ2v) is 6.47. The molecule has 0 aliphatic carbocycles. The molecule has 1 N–H and O–H groups in total. The van der Waals surface area contributed by atoms with Crippen molar-refractivity contribution >= 4 is 39.3 Å². The van der Waals surface area contributed by atoms with Crippen LogP contribution in [0.2, 0.25) is 5.02 Å². The molecule has 0 radical (unpaired) electrons. The summed E-state index contributed by atoms with van der Waals surface area (Å²) in [5.41, 5.74) is 0.756. The number of hydrogen-bond donors (Lipinski definition) is 1. The highest BCUT2D eigenvalue weighted by Crippen LogP contribution is 2.21. The lowest BCUT2D eigenvalue weighted by Crippen LogP contribution is -2.18. The fourth-order valence-electron chi connectivity index (χ4n) is 2.37. The Morgan fingerprint density at radius 1 is 1.40 bits per heavy atom. The van der Waals surface area contributed by atoms with Crippen LogP contribution in [0.4, 0.5) is 10.2 Å². The zero-order valence-corrected chi connectivity index (χ0v) is 15.6. The molecule has 0 aliphatic rings. The van der Waals surface area contributed by atoms with Crippen molar-refractivity contribution in [3.8, 4) is 0 Å². The predicted octanol–water partition coefficient (Wildman–Crippen LogP) is 3.96. The zero-order chi connectivity index (χ0) is 18.0. The summed E-state index contributed by atoms with van der Waals surface area (Å²) in [5, 5.41) is 11.4. The van der Waals surface area contributed by atoms with Gasteiger partial charge in [0.05, 0.1) is 17.2 Å². The first-order valence-corrected chi connectivity index (χ1v) is 8.65. The summed E-state index contributed by atoms with van der Waals surface area (Å²) in [6, 6.07) is 6.14. The Bertz CT molecular complexity index is 903. The summed E-state index contributed by atoms with van der Waals surface area (Å²) >= 11 is 9.33. The second kappa shape index (κ2) is 7.37. The van der Waals surface area contributed by atoms with E-state index in [2.05, 4.69) is 31.4 Å². The van der Waals surface area contributed by atoms with Crippen molar-refractivity contribution < 1.29 is 9.18 Å². The van der Waals surface area contributed by atoms with E-state index in [9.17, 15) is 9.18 Å². The summed E-state index contributed by atoms with van der Waals surface area (Å²) in [6.07, 6.45) is 3.21. The molecular formula is C16H14BrClFN5O. The molecule has 2 aromatic heterocycles. The third-order valence-corrected chi connectivity index (χ3v) is 4.51. The SMILES string of the molecule is CCn1ncc(Br)c1C(=O)Nc1ccn(Cc2c(F)cccc2Cl)n1. The molecule has 3 aromatic rings. The molecule has 9 heteroatoms. The van der Waals surface area contributed by atoms with Crippen LogP contribution < -0.4 is 5.32 Å². The summed E-state index contributed by atoms with van der Waals surface area (Å²) < 4.78 is 17.5. The van der Waals surface area contributed by atoms with E-state index in [0.29, 0.717) is 33.1 Å². The molecule has 0 aliphatic heterocycles. The van der Waals surface area contributed by atoms with Crippen LogP contribution in [-0.2, 0) is 13.1 Å². The largest absolute Gasteiger partial charge is 0.304 e. The van der Waals surface area contributed by atoms with Gasteiger partial charge in [0, 0.05) is 29.4 Å². The number of carbonyl (C=O) groups is 1. The number of aromatic nitrogens is 4. The smallest absolute Gasteiger partial charge is 0.276 e. The van der Waals surface area contributed by atoms with E-state index in [1.54, 1.807) is 35.3 Å². The Kier molecular flexibility index (Phi) is 5.19. The third-order valence-electron chi connectivity index (χ3n) is 3.57. The Labute approximate surface area is 156 Å². The summed E-state index contributed by atoms with van der Waals surface area (Å²) in [5.74, 6) is -0.377. The highest BCUT2D eigenvalue weighted by molar-refractivity contribution is 9.10. The molecular weight excluding hydrogens is 413 g/mol. The molecule has 1 amide bonds. The number of rotatable bonds is 5. The van der Waals surface area contributed by atoms with Gasteiger partial charge in [-0.05, 0) is 35.0 Å². The van der Waals surface area contributed by atoms with Crippen LogP contribution in [0.15, 0.2) is 41.1 Å². The van der Waals surface area contributed by atoms with Crippen molar-refractivity contribution in [2.24, 2.45) is 0 Å². The van der Waals surface area contributed by atoms with Crippen molar-refractivity contribution in [2.75, 3.05) is 5.32 Å². The average molecular weight is 427 g/mol. The quantitative estimate of drug-likeness (QED) is 0.672. The maximum Gasteiger partial charge on any atom is 0.276 e. The van der Waals surface area contributed by atoms with Gasteiger partial charge in [0.15, 0.2) is 5.82 Å². The van der Waals surface area contributed by atoms with Gasteiger partial charge in [0.25, 0.3) is 5.91 Å². The molecule has 130 valence electrons. The van der Waals surface area contributed by atoms with Crippen molar-refractivity contribution in [2.45, 2.75) is 20.0 Å². The van der Waals surface area contributed by atoms with Crippen LogP contribution in [0.3, 0.4) is 0 Å². The van der Waals surface area contributed by atoms with Crippen LogP contribution in [0.5, 0.6) is 0 Å². The maximum atomic E-state index is 13.9. The molecule has 0 atom stereocenters. The monoisotopic (exact) mass is 425 g/mol. The molecule has 3 rings (SSSR count). The van der Waals surface area contributed by atoms with E-state index < -0.39 is 5.82 Å². The molecule has 0 fully saturated rings. The number of amides is 1. The van der Waals surface area contributed by atoms with Gasteiger partial charge in [0.1, 0.15) is 11.5 Å². The van der Waals surface area contributed by atoms with Crippen LogP contribution in [-0.4, -0.2) is 25.5 Å². The van der Waals surface area contributed by atoms with E-state index >= 15 is 0 Å². The predicted molar refractivity (Wildman–Crippen MR) is 96.3 cm³/mol. The van der Waals surface area contributed by atoms with Crippen LogP contribution in [0.1, 0.15) is 23.0 Å². The number of nitrogens with zero attached hydrogens (tertiary/aromatic N) is 4. The minimum absolute atomic E-state index is 0.165. The molecule has 0 bridgehead atoms. The highest BCUT2D eigenvalue weighted by atomic mass is 79.9. The zero-order valence-electron chi connectivity index (χ0n) is 13.2. The fraction of sp³-hybridized carbons (Fsp3) is 0.188. The summed E-state index contributed by atoms with van der Waals surface area (Å²) in [4.78, 5) is 12.4. The third kappa shape index (κ3) is 3.74. The number of anilines is 1. The molecule has 0 unspecified atom stereocenters. The number of nitrogens with one attached hydrogen (secondary N) is 1. The normalized spacial score (nSPS) is 10.9. The van der Waals surface area contributed by atoms with Crippen LogP contribution in [0.25, 0.3) is 0 Å². The Balaban J connectivity index is 1.76. The summed E-state index contributed by atoms with van der Waals surface area (Å²) in [6.45, 7) is 2.62. The van der Waals surface area contributed by atoms with Gasteiger partial charge in [0.2, 0.25) is 0 Å². The molecule has 25 heavy (non-hydrogen) atoms. The first-order valence-electron chi connectivity index (χ1n) is 7.48. The molecule has 0 saturated carbocycles. The van der Waals surface area contributed by atoms with Gasteiger partial charge in [-0.25, -0.2) is 4.39 Å². The number of benzene rings is 1. The molecule has 0 spiro atoms. The van der Waals surface area contributed by atoms with E-state index in [-0.39, 0.29) is 12.5 Å². The minimum atomic E-state index is -0.399. The number of aryl methyl sites for hydroxylation is 1. The van der Waals surface area contributed by atoms with Gasteiger partial charge in [-0.1, -0.05) is 17.7 Å². The average Bonchev–Trinajstić information content (AvgIpc) is 3.17. The Hall–Kier alpha value is -2.19. The lowest BCUT2D eigenvalue weighted by atomic mass is 10.2. The molecule has 0 saturated heterocycles. The molecule has 6 nitrogen and oxygen atoms in total. The minimum Gasteiger partial charge on any atom is -0.304 e. The van der Waals surface area contributed by atoms with Gasteiger partial charge in [-0.3, -0.25) is 14.2 Å². The number of hydrogen-bond acceptors (Lipinski definition) is 3. The van der Waals surface area contributed by atoms with Crippen LogP contribution >= 0.6 is 27.5 Å². The van der Waals surface area contributed by atoms with Crippen molar-refractivity contribution in [3.63, 3.8) is 0 Å². The van der Waals surface area contributed by atoms with E-state index in [0.717, 1.165) is 0 Å². The fourth-order valence-corrected chi connectivity index (χ4v) is 3.06. The van der Waals surface area contributed by atoms with Gasteiger partial charge in [-0.2, -0.15) is 10.2 Å². The maximum absolute atomic E-state index is 13.9. The Morgan fingerprint density at radius 2 is 2.20 bits per heavy atom. The first-order chi connectivity index (χ1) is 12.0. The van der Waals surface area contributed by atoms with E-state index in [1.807, 2.05) is 6.92 Å². The van der Waals surface area contributed by atoms with E-state index in [1.165, 1.54) is 10.7 Å². The first kappa shape index (κ1) is 17.6. The summed E-state index contributed by atoms with van der Waals surface area (Å²) in [7, 11) is 0. The van der Waals surface area contributed by atoms with Crippen molar-refractivity contribution in [1.82, 2.24) is 19.6 Å². The lowest BCUT2D eigenvalue weighted by Gasteiger charge is -2.07. The standard InChI is InChI=1S/C16H14BrClFN5O/c1-2-24-15(11(17)8-20-24)16(25)21-14-6-7-23(22-14)9-10-12(18)4-3-5-13(10)19/h3-8H,2,9H2,1H3,(H,21,22,25). The second-order valence-electron chi connectivity index (χ2n) is 5.21. The van der Waals surface area contributed by atoms with Crippen LogP contribution in [0, 0.1) is 5.82 Å². The highest BCUT2D eigenvalue weighted by Gasteiger charge is 2.17. The topological polar surface area (TPSA) is 64.7 Å². The van der Waals surface area contributed by atoms with Gasteiger partial charge in [-0.15, -0.1) is 0 Å². The Morgan fingerprint density at radius 3 is 2.92 bits per heavy atom. The van der Waals surface area contributed by atoms with Crippen molar-refractivity contribution in [3.05, 3.63) is 63.2 Å². The van der Waals surface area contributed by atoms with Gasteiger partial charge < -0.3 is 5.32 Å². The molecule has 2 heterocycles.